The summed E-state index contributed by atoms with van der Waals surface area (Å²) in [6.45, 7) is 19.2. The van der Waals surface area contributed by atoms with Gasteiger partial charge in [-0.15, -0.1) is 0 Å². The first-order valence-electron chi connectivity index (χ1n) is 31.2. The van der Waals surface area contributed by atoms with Gasteiger partial charge in [0.05, 0.1) is 37.6 Å². The lowest BCUT2D eigenvalue weighted by atomic mass is 9.90. The van der Waals surface area contributed by atoms with Gasteiger partial charge in [0.1, 0.15) is 36.2 Å². The van der Waals surface area contributed by atoms with Gasteiger partial charge in [0.2, 0.25) is 30.0 Å². The number of carbonyl (C=O) groups is 13. The third-order valence-corrected chi connectivity index (χ3v) is 15.8. The smallest absolute Gasteiger partial charge is 0.414 e. The summed E-state index contributed by atoms with van der Waals surface area (Å²) < 4.78 is 29.0. The highest BCUT2D eigenvalue weighted by atomic mass is 16.7. The van der Waals surface area contributed by atoms with Gasteiger partial charge in [0.15, 0.2) is 18.0 Å². The van der Waals surface area contributed by atoms with Crippen LogP contribution in [0, 0.1) is 23.7 Å². The minimum Gasteiger partial charge on any atom is -0.465 e. The van der Waals surface area contributed by atoms with E-state index in [-0.39, 0.29) is 56.5 Å². The van der Waals surface area contributed by atoms with Gasteiger partial charge < -0.3 is 44.3 Å². The second-order valence-corrected chi connectivity index (χ2v) is 23.8. The molecule has 0 saturated carbocycles. The van der Waals surface area contributed by atoms with E-state index < -0.39 is 145 Å². The van der Waals surface area contributed by atoms with Crippen LogP contribution in [0.25, 0.3) is 0 Å². The van der Waals surface area contributed by atoms with Crippen LogP contribution in [-0.2, 0) is 81.2 Å². The molecule has 2 saturated heterocycles. The molecule has 3 aliphatic rings. The van der Waals surface area contributed by atoms with Crippen LogP contribution in [0.3, 0.4) is 0 Å². The number of cyclic esters (lactones) is 2. The standard InChI is InChI=1S/C66H95N5O19/c1-13-16-17-18-19-26-56(80)86-30-23-22-24-49(60(82)62-63(90-66(85)67-46(11)73)61-51(87-61)29-28-39(4)35-55(79)71(47(12)74)54(78)25-20-21-27-57(81)89-62)70(38-72)37-48(75)33-41(6)31-40(5)32-42(7)34-52-45(10)50(76)36-53(77)68-58(43(8)14-2)64(83)69-59(44(9)15-3)65(84)88-52/h20-22,24-25,27,33-35,38,40,43-45,49,51-52,58-63,82H,13-19,23,26,28-32,36-37H2,1-12H3,(H,68,77)(H,69,83)(H,67,73,85)/b24-22+,25-20+,27-21-,39-35-,41-33-,42-34+/t40?,43-,44+,45+,49?,51-,52+,58-,59+,60+,61-,62+,63-/m1/s1. The molecule has 24 nitrogen and oxygen atoms in total. The third kappa shape index (κ3) is 26.0. The van der Waals surface area contributed by atoms with E-state index in [0.29, 0.717) is 53.7 Å². The van der Waals surface area contributed by atoms with E-state index in [1.807, 2.05) is 26.1 Å². The monoisotopic (exact) mass is 1260 g/mol. The van der Waals surface area contributed by atoms with E-state index in [1.165, 1.54) is 18.2 Å². The minimum atomic E-state index is -2.07. The number of amides is 8. The first-order chi connectivity index (χ1) is 42.5. The zero-order valence-corrected chi connectivity index (χ0v) is 54.3. The number of hydrogen-bond acceptors (Lipinski definition) is 19. The second-order valence-electron chi connectivity index (χ2n) is 23.8. The van der Waals surface area contributed by atoms with Crippen LogP contribution in [0.2, 0.25) is 0 Å². The highest BCUT2D eigenvalue weighted by Crippen LogP contribution is 2.36. The number of nitrogens with zero attached hydrogens (tertiary/aromatic N) is 2. The van der Waals surface area contributed by atoms with Crippen molar-refractivity contribution in [2.75, 3.05) is 13.2 Å². The molecule has 24 heteroatoms. The summed E-state index contributed by atoms with van der Waals surface area (Å²) in [5.74, 6) is -10.1. The molecular formula is C66H95N5O19. The fourth-order valence-electron chi connectivity index (χ4n) is 10.4. The zero-order chi connectivity index (χ0) is 67.4. The molecular weight excluding hydrogens is 1170 g/mol. The number of fused-ring (bicyclic) bond motifs is 1. The zero-order valence-electron chi connectivity index (χ0n) is 54.3. The van der Waals surface area contributed by atoms with Crippen LogP contribution in [0.4, 0.5) is 4.79 Å². The number of esters is 3. The number of ketones is 2. The molecule has 0 bridgehead atoms. The quantitative estimate of drug-likeness (QED) is 0.00778. The summed E-state index contributed by atoms with van der Waals surface area (Å²) in [6.07, 6.45) is 6.95. The number of rotatable bonds is 27. The highest BCUT2D eigenvalue weighted by molar-refractivity contribution is 6.16. The van der Waals surface area contributed by atoms with Crippen LogP contribution in [-0.4, -0.2) is 160 Å². The molecule has 0 radical (unpaired) electrons. The van der Waals surface area contributed by atoms with Crippen molar-refractivity contribution in [3.63, 3.8) is 0 Å². The Morgan fingerprint density at radius 2 is 1.51 bits per heavy atom. The molecule has 0 aromatic rings. The van der Waals surface area contributed by atoms with Crippen LogP contribution < -0.4 is 16.0 Å². The van der Waals surface area contributed by atoms with E-state index in [2.05, 4.69) is 17.6 Å². The lowest BCUT2D eigenvalue weighted by Crippen LogP contribution is -2.57. The Kier molecular flexibility index (Phi) is 32.9. The lowest BCUT2D eigenvalue weighted by molar-refractivity contribution is -0.164. The van der Waals surface area contributed by atoms with Gasteiger partial charge in [-0.3, -0.25) is 53.3 Å². The molecule has 2 fully saturated rings. The summed E-state index contributed by atoms with van der Waals surface area (Å²) in [4.78, 5) is 173. The molecule has 0 spiro atoms. The number of Topliss-reactive ketones (excluding diaryl/α,β-unsaturated/α-hetero) is 1. The predicted molar refractivity (Wildman–Crippen MR) is 329 cm³/mol. The molecule has 13 atom stereocenters. The van der Waals surface area contributed by atoms with Gasteiger partial charge in [-0.05, 0) is 89.2 Å². The predicted octanol–water partition coefficient (Wildman–Crippen LogP) is 6.56. The van der Waals surface area contributed by atoms with Crippen LogP contribution in [0.1, 0.15) is 173 Å². The van der Waals surface area contributed by atoms with E-state index in [0.717, 1.165) is 74.8 Å². The second kappa shape index (κ2) is 38.7. The van der Waals surface area contributed by atoms with Crippen molar-refractivity contribution in [3.05, 3.63) is 71.4 Å². The molecule has 0 aliphatic carbocycles. The number of carbonyl (C=O) groups excluding carboxylic acids is 13. The van der Waals surface area contributed by atoms with Crippen molar-refractivity contribution in [2.24, 2.45) is 23.7 Å². The number of ether oxygens (including phenoxy) is 5. The Morgan fingerprint density at radius 3 is 2.16 bits per heavy atom. The summed E-state index contributed by atoms with van der Waals surface area (Å²) in [5, 5.41) is 20.1. The van der Waals surface area contributed by atoms with Crippen LogP contribution >= 0.6 is 0 Å². The van der Waals surface area contributed by atoms with Crippen molar-refractivity contribution in [1.82, 2.24) is 25.8 Å². The molecule has 4 N–H and O–H groups in total. The van der Waals surface area contributed by atoms with Crippen molar-refractivity contribution >= 4 is 77.4 Å². The topological polar surface area (TPSA) is 334 Å². The number of alkyl carbamates (subject to hydrolysis) is 1. The summed E-state index contributed by atoms with van der Waals surface area (Å²) in [5.41, 5.74) is 1.69. The number of allylic oxidation sites excluding steroid dienone is 5. The summed E-state index contributed by atoms with van der Waals surface area (Å²) >= 11 is 0. The summed E-state index contributed by atoms with van der Waals surface area (Å²) in [6, 6.07) is -3.63. The molecule has 2 unspecified atom stereocenters. The van der Waals surface area contributed by atoms with Crippen LogP contribution in [0.15, 0.2) is 71.4 Å². The Bertz CT molecular complexity index is 2760. The maximum absolute atomic E-state index is 14.1. The molecule has 90 heavy (non-hydrogen) atoms. The molecule has 8 amide bonds. The lowest BCUT2D eigenvalue weighted by Gasteiger charge is -2.36. The van der Waals surface area contributed by atoms with E-state index in [9.17, 15) is 67.4 Å². The van der Waals surface area contributed by atoms with E-state index in [4.69, 9.17) is 23.7 Å². The Morgan fingerprint density at radius 1 is 0.856 bits per heavy atom. The van der Waals surface area contributed by atoms with Gasteiger partial charge in [0.25, 0.3) is 11.8 Å². The third-order valence-electron chi connectivity index (χ3n) is 15.8. The summed E-state index contributed by atoms with van der Waals surface area (Å²) in [7, 11) is 0. The molecule has 0 aromatic heterocycles. The number of aliphatic hydroxyl groups is 1. The highest BCUT2D eigenvalue weighted by Gasteiger charge is 2.54. The fraction of sp³-hybridized carbons (Fsp3) is 0.621. The van der Waals surface area contributed by atoms with Gasteiger partial charge in [-0.1, -0.05) is 128 Å². The number of unbranched alkanes of at least 4 members (excludes halogenated alkanes) is 4. The first kappa shape index (κ1) is 76.5. The largest absolute Gasteiger partial charge is 0.465 e. The molecule has 498 valence electrons. The Balaban J connectivity index is 2.03. The van der Waals surface area contributed by atoms with Gasteiger partial charge >= 0.3 is 24.0 Å². The Hall–Kier alpha value is -7.73. The SMILES string of the molecule is CCCCCCCC(=O)OCC/C=C/C([C@H](O)[C@@H]1OC(=O)/C=C\C=C\C(=O)N(C(C)=O)C(=O)/C=C(/C)CC[C@H]2O[C@H]2[C@H]1OC(=O)NC(C)=O)N(C=O)CC(=O)/C=C(/C)CC(C)C/C(C)=C/[C@@H]1OC(=O)[C@H]([C@@H](C)CC)NC(=O)[C@@H]([C@H](C)CC)NC(=O)CC(=O)[C@@H]1C. The average Bonchev–Trinajstić information content (AvgIpc) is 1.85. The molecule has 3 aliphatic heterocycles. The number of nitrogens with one attached hydrogen (secondary N) is 3. The van der Waals surface area contributed by atoms with Crippen molar-refractivity contribution in [3.8, 4) is 0 Å². The van der Waals surface area contributed by atoms with Crippen molar-refractivity contribution in [1.29, 1.82) is 0 Å². The van der Waals surface area contributed by atoms with Crippen molar-refractivity contribution in [2.45, 2.75) is 228 Å². The average molecular weight is 1260 g/mol. The van der Waals surface area contributed by atoms with Gasteiger partial charge in [-0.2, -0.15) is 0 Å². The first-order valence-corrected chi connectivity index (χ1v) is 31.2. The molecule has 3 rings (SSSR count). The molecule has 0 aromatic carbocycles. The van der Waals surface area contributed by atoms with E-state index >= 15 is 0 Å². The number of epoxide rings is 1. The maximum atomic E-state index is 14.1. The normalized spacial score (nSPS) is 25.7. The Labute approximate surface area is 528 Å². The maximum Gasteiger partial charge on any atom is 0.414 e. The fourth-order valence-corrected chi connectivity index (χ4v) is 10.4. The van der Waals surface area contributed by atoms with Gasteiger partial charge in [0, 0.05) is 38.5 Å². The number of hydrogen-bond donors (Lipinski definition) is 4. The van der Waals surface area contributed by atoms with Crippen LogP contribution in [0.5, 0.6) is 0 Å². The van der Waals surface area contributed by atoms with Crippen molar-refractivity contribution < 1.29 is 91.1 Å². The number of imide groups is 4. The van der Waals surface area contributed by atoms with Gasteiger partial charge in [-0.25, -0.2) is 19.3 Å². The minimum absolute atomic E-state index is 0.0465. The molecule has 3 heterocycles. The van der Waals surface area contributed by atoms with E-state index in [1.54, 1.807) is 47.6 Å². The number of aliphatic hydroxyl groups excluding tert-OH is 1.